The lowest BCUT2D eigenvalue weighted by Crippen LogP contribution is -2.59. The van der Waals surface area contributed by atoms with Crippen LogP contribution in [0.3, 0.4) is 0 Å². The molecule has 2 nitrogen and oxygen atoms in total. The van der Waals surface area contributed by atoms with Crippen molar-refractivity contribution in [3.63, 3.8) is 0 Å². The van der Waals surface area contributed by atoms with Gasteiger partial charge in [-0.1, -0.05) is 26.8 Å². The van der Waals surface area contributed by atoms with Gasteiger partial charge >= 0.3 is 6.18 Å². The standard InChI is InChI=1S/C27H43F3O2/c1-7-23(31-5)17(2)20-10-11-21-19-9-8-18-16-26(32-6,27(28,29)30)15-14-24(18,3)22(19)12-13-25(20,21)4/h7,17-23H,1,8-16H2,2-6H3/t17-,18+,19-,20+,21-,22-,23+,24-,25+,26+/m0/s1. The maximum Gasteiger partial charge on any atom is 0.417 e. The van der Waals surface area contributed by atoms with Crippen LogP contribution < -0.4 is 0 Å². The third-order valence-electron chi connectivity index (χ3n) is 11.3. The predicted octanol–water partition coefficient (Wildman–Crippen LogP) is 7.43. The Bertz CT molecular complexity index is 708. The van der Waals surface area contributed by atoms with Gasteiger partial charge in [-0.2, -0.15) is 13.2 Å². The Morgan fingerprint density at radius 1 is 0.938 bits per heavy atom. The molecule has 4 aliphatic carbocycles. The Labute approximate surface area is 192 Å². The first-order valence-electron chi connectivity index (χ1n) is 12.7. The van der Waals surface area contributed by atoms with E-state index in [1.54, 1.807) is 7.11 Å². The molecule has 0 amide bonds. The monoisotopic (exact) mass is 456 g/mol. The van der Waals surface area contributed by atoms with Crippen molar-refractivity contribution in [2.45, 2.75) is 96.4 Å². The highest BCUT2D eigenvalue weighted by Gasteiger charge is 2.66. The van der Waals surface area contributed by atoms with Crippen molar-refractivity contribution in [2.75, 3.05) is 14.2 Å². The molecule has 0 heterocycles. The fourth-order valence-corrected chi connectivity index (χ4v) is 9.45. The molecule has 32 heavy (non-hydrogen) atoms. The highest BCUT2D eigenvalue weighted by Crippen LogP contribution is 2.69. The lowest BCUT2D eigenvalue weighted by Gasteiger charge is -2.62. The van der Waals surface area contributed by atoms with E-state index in [0.717, 1.165) is 19.3 Å². The number of ether oxygens (including phenoxy) is 2. The van der Waals surface area contributed by atoms with E-state index < -0.39 is 11.8 Å². The summed E-state index contributed by atoms with van der Waals surface area (Å²) in [5, 5.41) is 0. The minimum absolute atomic E-state index is 0.0113. The minimum Gasteiger partial charge on any atom is -0.377 e. The Kier molecular flexibility index (Phi) is 6.36. The van der Waals surface area contributed by atoms with Gasteiger partial charge in [-0.15, -0.1) is 6.58 Å². The van der Waals surface area contributed by atoms with Crippen molar-refractivity contribution < 1.29 is 22.6 Å². The average molecular weight is 457 g/mol. The van der Waals surface area contributed by atoms with Crippen LogP contribution in [0.1, 0.15) is 78.6 Å². The van der Waals surface area contributed by atoms with Gasteiger partial charge in [0.05, 0.1) is 6.10 Å². The van der Waals surface area contributed by atoms with Gasteiger partial charge in [-0.05, 0) is 104 Å². The molecule has 0 aliphatic heterocycles. The van der Waals surface area contributed by atoms with Crippen LogP contribution in [-0.2, 0) is 9.47 Å². The molecule has 0 spiro atoms. The first kappa shape index (κ1) is 24.6. The molecule has 5 heteroatoms. The topological polar surface area (TPSA) is 18.5 Å². The average Bonchev–Trinajstić information content (AvgIpc) is 3.10. The third kappa shape index (κ3) is 3.42. The summed E-state index contributed by atoms with van der Waals surface area (Å²) in [7, 11) is 3.03. The molecule has 4 saturated carbocycles. The largest absolute Gasteiger partial charge is 0.417 e. The number of hydrogen-bond acceptors (Lipinski definition) is 2. The van der Waals surface area contributed by atoms with Gasteiger partial charge in [-0.3, -0.25) is 0 Å². The van der Waals surface area contributed by atoms with Gasteiger partial charge in [0.15, 0.2) is 5.60 Å². The van der Waals surface area contributed by atoms with Gasteiger partial charge < -0.3 is 9.47 Å². The number of alkyl halides is 3. The first-order chi connectivity index (χ1) is 15.0. The maximum absolute atomic E-state index is 13.9. The lowest BCUT2D eigenvalue weighted by molar-refractivity contribution is -0.299. The van der Waals surface area contributed by atoms with Crippen LogP contribution >= 0.6 is 0 Å². The van der Waals surface area contributed by atoms with Gasteiger partial charge in [0.1, 0.15) is 0 Å². The Morgan fingerprint density at radius 2 is 1.62 bits per heavy atom. The molecule has 184 valence electrons. The molecule has 0 saturated heterocycles. The molecule has 4 aliphatic rings. The highest BCUT2D eigenvalue weighted by molar-refractivity contribution is 5.12. The molecule has 0 aromatic rings. The van der Waals surface area contributed by atoms with Crippen molar-refractivity contribution in [3.05, 3.63) is 12.7 Å². The van der Waals surface area contributed by atoms with Crippen molar-refractivity contribution in [3.8, 4) is 0 Å². The summed E-state index contributed by atoms with van der Waals surface area (Å²) in [5.74, 6) is 3.06. The Balaban J connectivity index is 1.56. The van der Waals surface area contributed by atoms with Crippen LogP contribution in [0.15, 0.2) is 12.7 Å². The second-order valence-corrected chi connectivity index (χ2v) is 12.1. The van der Waals surface area contributed by atoms with E-state index in [9.17, 15) is 13.2 Å². The molecular weight excluding hydrogens is 413 g/mol. The molecular formula is C27H43F3O2. The summed E-state index contributed by atoms with van der Waals surface area (Å²) in [6.45, 7) is 11.1. The van der Waals surface area contributed by atoms with Gasteiger partial charge in [-0.25, -0.2) is 0 Å². The van der Waals surface area contributed by atoms with E-state index >= 15 is 0 Å². The van der Waals surface area contributed by atoms with Crippen molar-refractivity contribution in [2.24, 2.45) is 46.3 Å². The van der Waals surface area contributed by atoms with Crippen LogP contribution in [0.2, 0.25) is 0 Å². The highest BCUT2D eigenvalue weighted by atomic mass is 19.4. The van der Waals surface area contributed by atoms with E-state index in [2.05, 4.69) is 27.4 Å². The van der Waals surface area contributed by atoms with E-state index in [4.69, 9.17) is 9.47 Å². The molecule has 4 rings (SSSR count). The summed E-state index contributed by atoms with van der Waals surface area (Å²) >= 11 is 0. The van der Waals surface area contributed by atoms with Crippen molar-refractivity contribution in [1.82, 2.24) is 0 Å². The zero-order valence-electron chi connectivity index (χ0n) is 20.6. The number of hydrogen-bond donors (Lipinski definition) is 0. The molecule has 0 aromatic carbocycles. The second kappa shape index (κ2) is 8.29. The van der Waals surface area contributed by atoms with Crippen LogP contribution in [0.4, 0.5) is 13.2 Å². The first-order valence-corrected chi connectivity index (χ1v) is 12.7. The maximum atomic E-state index is 13.9. The molecule has 0 N–H and O–H groups in total. The minimum atomic E-state index is -4.29. The zero-order valence-corrected chi connectivity index (χ0v) is 20.6. The summed E-state index contributed by atoms with van der Waals surface area (Å²) in [4.78, 5) is 0. The summed E-state index contributed by atoms with van der Waals surface area (Å²) in [5.41, 5.74) is -1.63. The van der Waals surface area contributed by atoms with E-state index in [1.807, 2.05) is 6.08 Å². The molecule has 0 unspecified atom stereocenters. The van der Waals surface area contributed by atoms with Crippen LogP contribution in [0, 0.1) is 46.3 Å². The number of rotatable bonds is 5. The Morgan fingerprint density at radius 3 is 2.22 bits per heavy atom. The Hall–Kier alpha value is -0.550. The fourth-order valence-electron chi connectivity index (χ4n) is 9.45. The van der Waals surface area contributed by atoms with E-state index in [0.29, 0.717) is 41.4 Å². The summed E-state index contributed by atoms with van der Waals surface area (Å²) < 4.78 is 52.7. The quantitative estimate of drug-likeness (QED) is 0.401. The number of fused-ring (bicyclic) bond motifs is 5. The molecule has 4 fully saturated rings. The third-order valence-corrected chi connectivity index (χ3v) is 11.3. The van der Waals surface area contributed by atoms with E-state index in [-0.39, 0.29) is 30.3 Å². The number of methoxy groups -OCH3 is 2. The van der Waals surface area contributed by atoms with Crippen molar-refractivity contribution >= 4 is 0 Å². The SMILES string of the molecule is C=C[C@@H](OC)[C@@H](C)[C@H]1CC[C@H]2[C@@H]3CC[C@@H]4C[C@@](OC)(C(F)(F)F)CC[C@]4(C)[C@H]3CC[C@]12C. The summed E-state index contributed by atoms with van der Waals surface area (Å²) in [6.07, 6.45) is 5.48. The lowest BCUT2D eigenvalue weighted by atomic mass is 9.43. The van der Waals surface area contributed by atoms with Crippen LogP contribution in [0.25, 0.3) is 0 Å². The molecule has 0 bridgehead atoms. The van der Waals surface area contributed by atoms with Gasteiger partial charge in [0.2, 0.25) is 0 Å². The molecule has 10 atom stereocenters. The van der Waals surface area contributed by atoms with Gasteiger partial charge in [0, 0.05) is 14.2 Å². The smallest absolute Gasteiger partial charge is 0.377 e. The molecule has 0 radical (unpaired) electrons. The van der Waals surface area contributed by atoms with Crippen LogP contribution in [0.5, 0.6) is 0 Å². The summed E-state index contributed by atoms with van der Waals surface area (Å²) in [6, 6.07) is 0. The van der Waals surface area contributed by atoms with E-state index in [1.165, 1.54) is 26.4 Å². The number of halogens is 3. The second-order valence-electron chi connectivity index (χ2n) is 12.1. The van der Waals surface area contributed by atoms with Crippen LogP contribution in [-0.4, -0.2) is 32.1 Å². The normalized spacial score (nSPS) is 48.3. The predicted molar refractivity (Wildman–Crippen MR) is 121 cm³/mol. The fraction of sp³-hybridized carbons (Fsp3) is 0.926. The zero-order chi connectivity index (χ0) is 23.5. The van der Waals surface area contributed by atoms with Crippen molar-refractivity contribution in [1.29, 1.82) is 0 Å². The molecule has 0 aromatic heterocycles. The van der Waals surface area contributed by atoms with Gasteiger partial charge in [0.25, 0.3) is 0 Å².